The number of aromatic nitrogens is 6. The van der Waals surface area contributed by atoms with Gasteiger partial charge in [-0.2, -0.15) is 9.61 Å². The van der Waals surface area contributed by atoms with Gasteiger partial charge in [0.05, 0.1) is 6.20 Å². The van der Waals surface area contributed by atoms with Gasteiger partial charge in [0.15, 0.2) is 11.5 Å². The maximum atomic E-state index is 4.83. The van der Waals surface area contributed by atoms with Crippen molar-refractivity contribution in [2.45, 2.75) is 58.2 Å². The maximum absolute atomic E-state index is 4.83. The molecular formula is C20H28N8. The van der Waals surface area contributed by atoms with Crippen LogP contribution < -0.4 is 4.90 Å². The summed E-state index contributed by atoms with van der Waals surface area (Å²) >= 11 is 0. The maximum Gasteiger partial charge on any atom is 0.178 e. The Balaban J connectivity index is 1.27. The molecule has 0 spiro atoms. The molecule has 0 bridgehead atoms. The largest absolute Gasteiger partial charge is 0.352 e. The lowest BCUT2D eigenvalue weighted by Gasteiger charge is -2.44. The number of nitrogens with zero attached hydrogens (tertiary/aromatic N) is 8. The average molecular weight is 381 g/mol. The van der Waals surface area contributed by atoms with Crippen molar-refractivity contribution in [3.63, 3.8) is 0 Å². The Kier molecular flexibility index (Phi) is 3.94. The van der Waals surface area contributed by atoms with Crippen LogP contribution in [0.2, 0.25) is 0 Å². The highest BCUT2D eigenvalue weighted by atomic mass is 15.4. The summed E-state index contributed by atoms with van der Waals surface area (Å²) in [5, 5.41) is 17.9. The van der Waals surface area contributed by atoms with Crippen molar-refractivity contribution in [1.82, 2.24) is 34.5 Å². The molecule has 3 aromatic rings. The number of aryl methyl sites for hydroxylation is 1. The monoisotopic (exact) mass is 380 g/mol. The molecular weight excluding hydrogens is 352 g/mol. The molecule has 148 valence electrons. The van der Waals surface area contributed by atoms with E-state index < -0.39 is 0 Å². The van der Waals surface area contributed by atoms with E-state index in [-0.39, 0.29) is 5.41 Å². The van der Waals surface area contributed by atoms with Gasteiger partial charge in [0, 0.05) is 48.9 Å². The van der Waals surface area contributed by atoms with Crippen LogP contribution in [0.5, 0.6) is 0 Å². The summed E-state index contributed by atoms with van der Waals surface area (Å²) in [6, 6.07) is 4.60. The molecule has 1 saturated heterocycles. The fraction of sp³-hybridized carbons (Fsp3) is 0.600. The van der Waals surface area contributed by atoms with Crippen molar-refractivity contribution >= 4 is 11.5 Å². The van der Waals surface area contributed by atoms with Gasteiger partial charge in [-0.25, -0.2) is 0 Å². The fourth-order valence-corrected chi connectivity index (χ4v) is 4.19. The van der Waals surface area contributed by atoms with E-state index in [1.165, 1.54) is 24.1 Å². The zero-order valence-corrected chi connectivity index (χ0v) is 17.1. The van der Waals surface area contributed by atoms with Gasteiger partial charge < -0.3 is 4.90 Å². The molecule has 1 fully saturated rings. The normalized spacial score (nSPS) is 17.5. The van der Waals surface area contributed by atoms with E-state index in [4.69, 9.17) is 5.10 Å². The highest BCUT2D eigenvalue weighted by molar-refractivity contribution is 5.48. The molecule has 8 heteroatoms. The van der Waals surface area contributed by atoms with Gasteiger partial charge in [0.2, 0.25) is 0 Å². The lowest BCUT2D eigenvalue weighted by Crippen LogP contribution is -2.58. The van der Waals surface area contributed by atoms with Crippen molar-refractivity contribution in [2.75, 3.05) is 25.0 Å². The Hall–Kier alpha value is -2.48. The Bertz CT molecular complexity index is 1010. The third kappa shape index (κ3) is 2.87. The van der Waals surface area contributed by atoms with E-state index in [9.17, 15) is 0 Å². The molecule has 0 aliphatic carbocycles. The summed E-state index contributed by atoms with van der Waals surface area (Å²) in [4.78, 5) is 4.78. The number of fused-ring (bicyclic) bond motifs is 2. The second-order valence-electron chi connectivity index (χ2n) is 9.15. The standard InChI is InChI=1S/C20H28N8/c1-20(2,3)19-23-22-17-7-8-18(24-28(17)19)26-12-15(13-26)25(4)11-14-10-21-27-9-5-6-16(14)27/h7-8,10,15H,5-6,9,11-13H2,1-4H3. The molecule has 2 aliphatic rings. The molecule has 0 amide bonds. The van der Waals surface area contributed by atoms with Gasteiger partial charge >= 0.3 is 0 Å². The number of hydrogen-bond acceptors (Lipinski definition) is 6. The van der Waals surface area contributed by atoms with Crippen molar-refractivity contribution < 1.29 is 0 Å². The van der Waals surface area contributed by atoms with E-state index in [0.29, 0.717) is 6.04 Å². The highest BCUT2D eigenvalue weighted by Gasteiger charge is 2.32. The minimum atomic E-state index is -0.0887. The van der Waals surface area contributed by atoms with E-state index in [1.807, 2.05) is 10.6 Å². The highest BCUT2D eigenvalue weighted by Crippen LogP contribution is 2.26. The smallest absolute Gasteiger partial charge is 0.178 e. The second-order valence-corrected chi connectivity index (χ2v) is 9.15. The van der Waals surface area contributed by atoms with E-state index in [1.54, 1.807) is 0 Å². The van der Waals surface area contributed by atoms with E-state index in [2.05, 4.69) is 69.9 Å². The summed E-state index contributed by atoms with van der Waals surface area (Å²) in [7, 11) is 2.22. The van der Waals surface area contributed by atoms with Gasteiger partial charge in [-0.3, -0.25) is 9.58 Å². The topological polar surface area (TPSA) is 67.4 Å². The lowest BCUT2D eigenvalue weighted by molar-refractivity contribution is 0.196. The van der Waals surface area contributed by atoms with Crippen LogP contribution in [-0.4, -0.2) is 60.7 Å². The van der Waals surface area contributed by atoms with Crippen LogP contribution in [-0.2, 0) is 24.9 Å². The van der Waals surface area contributed by atoms with Crippen LogP contribution in [0, 0.1) is 0 Å². The molecule has 0 aromatic carbocycles. The first-order chi connectivity index (χ1) is 13.4. The predicted octanol–water partition coefficient (Wildman–Crippen LogP) is 1.89. The molecule has 5 rings (SSSR count). The SMILES string of the molecule is CN(Cc1cnn2c1CCC2)C1CN(c2ccc3nnc(C(C)(C)C)n3n2)C1. The average Bonchev–Trinajstić information content (AvgIpc) is 3.29. The van der Waals surface area contributed by atoms with E-state index in [0.717, 1.165) is 43.5 Å². The first kappa shape index (κ1) is 17.6. The van der Waals surface area contributed by atoms with Gasteiger partial charge in [-0.15, -0.1) is 15.3 Å². The van der Waals surface area contributed by atoms with Crippen LogP contribution in [0.4, 0.5) is 5.82 Å². The number of rotatable bonds is 4. The van der Waals surface area contributed by atoms with Crippen LogP contribution in [0.1, 0.15) is 44.3 Å². The van der Waals surface area contributed by atoms with Crippen molar-refractivity contribution in [3.8, 4) is 0 Å². The van der Waals surface area contributed by atoms with Gasteiger partial charge in [-0.05, 0) is 32.0 Å². The quantitative estimate of drug-likeness (QED) is 0.689. The van der Waals surface area contributed by atoms with Gasteiger partial charge in [0.25, 0.3) is 0 Å². The van der Waals surface area contributed by atoms with E-state index >= 15 is 0 Å². The van der Waals surface area contributed by atoms with Crippen LogP contribution in [0.3, 0.4) is 0 Å². The molecule has 3 aromatic heterocycles. The summed E-state index contributed by atoms with van der Waals surface area (Å²) in [6.07, 6.45) is 4.45. The summed E-state index contributed by atoms with van der Waals surface area (Å²) in [5.74, 6) is 1.89. The first-order valence-corrected chi connectivity index (χ1v) is 10.1. The molecule has 0 saturated carbocycles. The second kappa shape index (κ2) is 6.27. The lowest BCUT2D eigenvalue weighted by atomic mass is 9.96. The van der Waals surface area contributed by atoms with Crippen molar-refractivity contribution in [2.24, 2.45) is 0 Å². The molecule has 0 unspecified atom stereocenters. The van der Waals surface area contributed by atoms with Crippen LogP contribution >= 0.6 is 0 Å². The van der Waals surface area contributed by atoms with Gasteiger partial charge in [-0.1, -0.05) is 20.8 Å². The molecule has 2 aliphatic heterocycles. The number of likely N-dealkylation sites (N-methyl/N-ethyl adjacent to an activating group) is 1. The first-order valence-electron chi connectivity index (χ1n) is 10.1. The number of hydrogen-bond donors (Lipinski definition) is 0. The van der Waals surface area contributed by atoms with Gasteiger partial charge in [0.1, 0.15) is 5.82 Å². The molecule has 8 nitrogen and oxygen atoms in total. The molecule has 5 heterocycles. The minimum Gasteiger partial charge on any atom is -0.352 e. The third-order valence-electron chi connectivity index (χ3n) is 5.97. The third-order valence-corrected chi connectivity index (χ3v) is 5.97. The predicted molar refractivity (Wildman–Crippen MR) is 107 cm³/mol. The van der Waals surface area contributed by atoms with Crippen molar-refractivity contribution in [1.29, 1.82) is 0 Å². The summed E-state index contributed by atoms with van der Waals surface area (Å²) in [5.41, 5.74) is 3.53. The summed E-state index contributed by atoms with van der Waals surface area (Å²) in [6.45, 7) is 10.4. The molecule has 0 atom stereocenters. The van der Waals surface area contributed by atoms with Crippen LogP contribution in [0.15, 0.2) is 18.3 Å². The Morgan fingerprint density at radius 1 is 1.18 bits per heavy atom. The molecule has 28 heavy (non-hydrogen) atoms. The molecule has 0 N–H and O–H groups in total. The number of anilines is 1. The molecule has 0 radical (unpaired) electrons. The fourth-order valence-electron chi connectivity index (χ4n) is 4.19. The van der Waals surface area contributed by atoms with Crippen molar-refractivity contribution in [3.05, 3.63) is 35.4 Å². The van der Waals surface area contributed by atoms with Crippen LogP contribution in [0.25, 0.3) is 5.65 Å². The summed E-state index contributed by atoms with van der Waals surface area (Å²) < 4.78 is 4.06. The Morgan fingerprint density at radius 3 is 2.79 bits per heavy atom. The zero-order valence-electron chi connectivity index (χ0n) is 17.1. The zero-order chi connectivity index (χ0) is 19.5. The minimum absolute atomic E-state index is 0.0887. The Morgan fingerprint density at radius 2 is 2.00 bits per heavy atom. The Labute approximate surface area is 165 Å².